The Labute approximate surface area is 121 Å². The van der Waals surface area contributed by atoms with Crippen LogP contribution in [0.3, 0.4) is 0 Å². The Morgan fingerprint density at radius 3 is 2.50 bits per heavy atom. The molecule has 3 nitrogen and oxygen atoms in total. The molecule has 0 saturated carbocycles. The van der Waals surface area contributed by atoms with Gasteiger partial charge in [-0.1, -0.05) is 12.1 Å². The summed E-state index contributed by atoms with van der Waals surface area (Å²) in [6.07, 6.45) is 2.34. The zero-order valence-electron chi connectivity index (χ0n) is 12.8. The predicted molar refractivity (Wildman–Crippen MR) is 81.2 cm³/mol. The van der Waals surface area contributed by atoms with Crippen LogP contribution in [0.15, 0.2) is 18.2 Å². The Balaban J connectivity index is 2.07. The minimum Gasteiger partial charge on any atom is -0.329 e. The van der Waals surface area contributed by atoms with Crippen molar-refractivity contribution in [2.75, 3.05) is 33.7 Å². The third kappa shape index (κ3) is 3.37. The van der Waals surface area contributed by atoms with Crippen LogP contribution >= 0.6 is 0 Å². The predicted octanol–water partition coefficient (Wildman–Crippen LogP) is 2.16. The molecule has 0 radical (unpaired) electrons. The van der Waals surface area contributed by atoms with Crippen LogP contribution in [0.2, 0.25) is 0 Å². The van der Waals surface area contributed by atoms with Crippen LogP contribution in [0.5, 0.6) is 0 Å². The maximum atomic E-state index is 13.4. The summed E-state index contributed by atoms with van der Waals surface area (Å²) in [7, 11) is 4.29. The molecule has 0 bridgehead atoms. The Morgan fingerprint density at radius 1 is 1.35 bits per heavy atom. The first-order valence-corrected chi connectivity index (χ1v) is 7.39. The van der Waals surface area contributed by atoms with Gasteiger partial charge >= 0.3 is 0 Å². The molecule has 0 spiro atoms. The summed E-state index contributed by atoms with van der Waals surface area (Å²) in [4.78, 5) is 4.74. The molecule has 2 N–H and O–H groups in total. The van der Waals surface area contributed by atoms with Crippen LogP contribution in [0.1, 0.15) is 30.0 Å². The lowest BCUT2D eigenvalue weighted by Gasteiger charge is -2.39. The summed E-state index contributed by atoms with van der Waals surface area (Å²) in [6, 6.07) is 6.24. The number of halogens is 1. The second-order valence-corrected chi connectivity index (χ2v) is 5.99. The molecular weight excluding hydrogens is 253 g/mol. The molecule has 1 aromatic carbocycles. The molecule has 1 heterocycles. The van der Waals surface area contributed by atoms with Crippen molar-refractivity contribution in [3.05, 3.63) is 35.1 Å². The summed E-state index contributed by atoms with van der Waals surface area (Å²) >= 11 is 0. The monoisotopic (exact) mass is 279 g/mol. The van der Waals surface area contributed by atoms with Gasteiger partial charge in [0.1, 0.15) is 5.82 Å². The van der Waals surface area contributed by atoms with Crippen LogP contribution in [0.25, 0.3) is 0 Å². The highest BCUT2D eigenvalue weighted by Gasteiger charge is 2.26. The maximum Gasteiger partial charge on any atom is 0.126 e. The van der Waals surface area contributed by atoms with Crippen molar-refractivity contribution in [1.29, 1.82) is 0 Å². The van der Waals surface area contributed by atoms with Gasteiger partial charge in [-0.15, -0.1) is 0 Å². The smallest absolute Gasteiger partial charge is 0.126 e. The van der Waals surface area contributed by atoms with E-state index < -0.39 is 0 Å². The summed E-state index contributed by atoms with van der Waals surface area (Å²) in [6.45, 7) is 4.50. The van der Waals surface area contributed by atoms with Crippen molar-refractivity contribution in [2.24, 2.45) is 5.73 Å². The molecule has 1 fully saturated rings. The van der Waals surface area contributed by atoms with Gasteiger partial charge in [0.2, 0.25) is 0 Å². The summed E-state index contributed by atoms with van der Waals surface area (Å²) in [5, 5.41) is 0. The molecule has 1 aliphatic heterocycles. The fourth-order valence-corrected chi connectivity index (χ4v) is 3.09. The molecule has 0 amide bonds. The van der Waals surface area contributed by atoms with E-state index in [4.69, 9.17) is 5.73 Å². The van der Waals surface area contributed by atoms with Crippen molar-refractivity contribution in [2.45, 2.75) is 31.8 Å². The quantitative estimate of drug-likeness (QED) is 0.917. The van der Waals surface area contributed by atoms with Gasteiger partial charge in [-0.2, -0.15) is 0 Å². The van der Waals surface area contributed by atoms with Crippen molar-refractivity contribution >= 4 is 0 Å². The Hall–Kier alpha value is -0.970. The molecule has 1 aliphatic rings. The second kappa shape index (κ2) is 6.66. The standard InChI is InChI=1S/C16H26FN3/c1-12-10-13(4-5-15(12)17)16(11-18)20-8-6-14(7-9-20)19(2)3/h4-5,10,14,16H,6-9,11,18H2,1-3H3. The van der Waals surface area contributed by atoms with Crippen LogP contribution in [-0.4, -0.2) is 49.6 Å². The average molecular weight is 279 g/mol. The molecular formula is C16H26FN3. The van der Waals surface area contributed by atoms with Gasteiger partial charge in [0, 0.05) is 31.7 Å². The summed E-state index contributed by atoms with van der Waals surface area (Å²) < 4.78 is 13.4. The molecule has 2 rings (SSSR count). The van der Waals surface area contributed by atoms with E-state index in [-0.39, 0.29) is 11.9 Å². The summed E-state index contributed by atoms with van der Waals surface area (Å²) in [5.74, 6) is -0.143. The Bertz CT molecular complexity index is 439. The number of rotatable bonds is 4. The second-order valence-electron chi connectivity index (χ2n) is 5.99. The van der Waals surface area contributed by atoms with Crippen molar-refractivity contribution in [3.63, 3.8) is 0 Å². The van der Waals surface area contributed by atoms with E-state index in [1.165, 1.54) is 12.8 Å². The van der Waals surface area contributed by atoms with Crippen LogP contribution < -0.4 is 5.73 Å². The number of aryl methyl sites for hydroxylation is 1. The van der Waals surface area contributed by atoms with Crippen molar-refractivity contribution in [1.82, 2.24) is 9.80 Å². The molecule has 20 heavy (non-hydrogen) atoms. The molecule has 112 valence electrons. The molecule has 1 unspecified atom stereocenters. The number of nitrogens with two attached hydrogens (primary N) is 1. The third-order valence-corrected chi connectivity index (χ3v) is 4.46. The number of nitrogens with zero attached hydrogens (tertiary/aromatic N) is 2. The first-order chi connectivity index (χ1) is 9.52. The van der Waals surface area contributed by atoms with E-state index in [9.17, 15) is 4.39 Å². The van der Waals surface area contributed by atoms with Crippen molar-refractivity contribution in [3.8, 4) is 0 Å². The van der Waals surface area contributed by atoms with E-state index in [2.05, 4.69) is 23.9 Å². The maximum absolute atomic E-state index is 13.4. The van der Waals surface area contributed by atoms with E-state index >= 15 is 0 Å². The molecule has 0 aliphatic carbocycles. The molecule has 1 atom stereocenters. The normalized spacial score (nSPS) is 19.5. The molecule has 4 heteroatoms. The van der Waals surface area contributed by atoms with E-state index in [0.29, 0.717) is 18.2 Å². The lowest BCUT2D eigenvalue weighted by Crippen LogP contribution is -2.45. The zero-order valence-corrected chi connectivity index (χ0v) is 12.8. The first kappa shape index (κ1) is 15.4. The summed E-state index contributed by atoms with van der Waals surface area (Å²) in [5.41, 5.74) is 7.80. The minimum absolute atomic E-state index is 0.143. The highest BCUT2D eigenvalue weighted by molar-refractivity contribution is 5.27. The largest absolute Gasteiger partial charge is 0.329 e. The fraction of sp³-hybridized carbons (Fsp3) is 0.625. The first-order valence-electron chi connectivity index (χ1n) is 7.39. The van der Waals surface area contributed by atoms with Gasteiger partial charge in [-0.3, -0.25) is 4.90 Å². The third-order valence-electron chi connectivity index (χ3n) is 4.46. The van der Waals surface area contributed by atoms with Crippen molar-refractivity contribution < 1.29 is 4.39 Å². The van der Waals surface area contributed by atoms with Gasteiger partial charge in [0.05, 0.1) is 0 Å². The van der Waals surface area contributed by atoms with Gasteiger partial charge in [0.25, 0.3) is 0 Å². The van der Waals surface area contributed by atoms with Gasteiger partial charge < -0.3 is 10.6 Å². The lowest BCUT2D eigenvalue weighted by atomic mass is 9.97. The van der Waals surface area contributed by atoms with Crippen LogP contribution in [0.4, 0.5) is 4.39 Å². The minimum atomic E-state index is -0.143. The highest BCUT2D eigenvalue weighted by atomic mass is 19.1. The number of hydrogen-bond donors (Lipinski definition) is 1. The molecule has 1 saturated heterocycles. The van der Waals surface area contributed by atoms with Crippen LogP contribution in [0, 0.1) is 12.7 Å². The van der Waals surface area contributed by atoms with Gasteiger partial charge in [-0.25, -0.2) is 4.39 Å². The van der Waals surface area contributed by atoms with Gasteiger partial charge in [0.15, 0.2) is 0 Å². The number of hydrogen-bond acceptors (Lipinski definition) is 3. The lowest BCUT2D eigenvalue weighted by molar-refractivity contribution is 0.111. The van der Waals surface area contributed by atoms with E-state index in [0.717, 1.165) is 18.7 Å². The Morgan fingerprint density at radius 2 is 2.00 bits per heavy atom. The number of likely N-dealkylation sites (tertiary alicyclic amines) is 1. The SMILES string of the molecule is Cc1cc(C(CN)N2CCC(N(C)C)CC2)ccc1F. The van der Waals surface area contributed by atoms with Crippen LogP contribution in [-0.2, 0) is 0 Å². The topological polar surface area (TPSA) is 32.5 Å². The zero-order chi connectivity index (χ0) is 14.7. The average Bonchev–Trinajstić information content (AvgIpc) is 2.44. The Kier molecular flexibility index (Phi) is 5.13. The fourth-order valence-electron chi connectivity index (χ4n) is 3.09. The van der Waals surface area contributed by atoms with E-state index in [1.54, 1.807) is 6.07 Å². The number of benzene rings is 1. The molecule has 0 aromatic heterocycles. The number of piperidine rings is 1. The highest BCUT2D eigenvalue weighted by Crippen LogP contribution is 2.26. The van der Waals surface area contributed by atoms with Gasteiger partial charge in [-0.05, 0) is 51.1 Å². The van der Waals surface area contributed by atoms with E-state index in [1.807, 2.05) is 19.1 Å². The molecule has 1 aromatic rings.